The standard InChI is InChI=1S/C15H20N2O/c1-11(2)17-13-7-5-4-6-12(13)14(18)16(3)10-15(17)8-9-15/h4-7,11H,8-10H2,1-3H3. The van der Waals surface area contributed by atoms with Crippen LogP contribution in [0.25, 0.3) is 0 Å². The minimum atomic E-state index is 0.153. The number of carbonyl (C=O) groups is 1. The van der Waals surface area contributed by atoms with Crippen molar-refractivity contribution in [1.82, 2.24) is 4.90 Å². The molecule has 1 heterocycles. The molecule has 1 aliphatic heterocycles. The summed E-state index contributed by atoms with van der Waals surface area (Å²) in [5, 5.41) is 0. The maximum Gasteiger partial charge on any atom is 0.255 e. The largest absolute Gasteiger partial charge is 0.361 e. The van der Waals surface area contributed by atoms with Gasteiger partial charge in [0.05, 0.1) is 16.8 Å². The summed E-state index contributed by atoms with van der Waals surface area (Å²) in [6, 6.07) is 8.45. The molecule has 1 saturated carbocycles. The molecule has 1 amide bonds. The zero-order valence-electron chi connectivity index (χ0n) is 11.3. The normalized spacial score (nSPS) is 21.2. The van der Waals surface area contributed by atoms with E-state index in [0.29, 0.717) is 6.04 Å². The SMILES string of the molecule is CC(C)N1c2ccccc2C(=O)N(C)CC12CC2. The molecule has 1 spiro atoms. The molecule has 0 N–H and O–H groups in total. The Morgan fingerprint density at radius 2 is 1.89 bits per heavy atom. The number of anilines is 1. The van der Waals surface area contributed by atoms with Crippen LogP contribution in [0.1, 0.15) is 37.0 Å². The van der Waals surface area contributed by atoms with Gasteiger partial charge in [-0.05, 0) is 38.8 Å². The molecule has 0 bridgehead atoms. The third kappa shape index (κ3) is 1.53. The fourth-order valence-corrected chi connectivity index (χ4v) is 3.28. The van der Waals surface area contributed by atoms with Crippen LogP contribution in [0.3, 0.4) is 0 Å². The second kappa shape index (κ2) is 3.74. The molecule has 3 heteroatoms. The quantitative estimate of drug-likeness (QED) is 0.758. The molecular formula is C15H20N2O. The number of likely N-dealkylation sites (N-methyl/N-ethyl adjacent to an activating group) is 1. The Morgan fingerprint density at radius 3 is 2.50 bits per heavy atom. The van der Waals surface area contributed by atoms with Crippen LogP contribution in [0.5, 0.6) is 0 Å². The average Bonchev–Trinajstić information content (AvgIpc) is 3.09. The number of nitrogens with zero attached hydrogens (tertiary/aromatic N) is 2. The predicted octanol–water partition coefficient (Wildman–Crippen LogP) is 2.52. The highest BCUT2D eigenvalue weighted by Crippen LogP contribution is 2.48. The Bertz CT molecular complexity index is 491. The highest BCUT2D eigenvalue weighted by atomic mass is 16.2. The smallest absolute Gasteiger partial charge is 0.255 e. The Morgan fingerprint density at radius 1 is 1.22 bits per heavy atom. The highest BCUT2D eigenvalue weighted by molar-refractivity contribution is 6.00. The van der Waals surface area contributed by atoms with Gasteiger partial charge in [0.25, 0.3) is 5.91 Å². The Hall–Kier alpha value is -1.51. The van der Waals surface area contributed by atoms with Gasteiger partial charge in [-0.2, -0.15) is 0 Å². The molecule has 96 valence electrons. The van der Waals surface area contributed by atoms with E-state index < -0.39 is 0 Å². The lowest BCUT2D eigenvalue weighted by atomic mass is 10.1. The zero-order chi connectivity index (χ0) is 12.9. The Labute approximate surface area is 108 Å². The second-order valence-corrected chi connectivity index (χ2v) is 5.87. The van der Waals surface area contributed by atoms with Crippen molar-refractivity contribution in [1.29, 1.82) is 0 Å². The van der Waals surface area contributed by atoms with E-state index in [4.69, 9.17) is 0 Å². The lowest BCUT2D eigenvalue weighted by molar-refractivity contribution is 0.0790. The Kier molecular flexibility index (Phi) is 2.40. The third-order valence-electron chi connectivity index (χ3n) is 4.13. The summed E-state index contributed by atoms with van der Waals surface area (Å²) in [6.07, 6.45) is 2.38. The van der Waals surface area contributed by atoms with Gasteiger partial charge in [0, 0.05) is 19.6 Å². The van der Waals surface area contributed by atoms with E-state index in [9.17, 15) is 4.79 Å². The number of fused-ring (bicyclic) bond motifs is 1. The van der Waals surface area contributed by atoms with Crippen LogP contribution >= 0.6 is 0 Å². The molecule has 18 heavy (non-hydrogen) atoms. The highest BCUT2D eigenvalue weighted by Gasteiger charge is 2.52. The molecule has 1 aliphatic carbocycles. The number of benzene rings is 1. The summed E-state index contributed by atoms with van der Waals surface area (Å²) in [5.41, 5.74) is 2.14. The summed E-state index contributed by atoms with van der Waals surface area (Å²) in [5.74, 6) is 0.153. The van der Waals surface area contributed by atoms with Gasteiger partial charge >= 0.3 is 0 Å². The summed E-state index contributed by atoms with van der Waals surface area (Å²) >= 11 is 0. The number of rotatable bonds is 1. The maximum atomic E-state index is 12.4. The van der Waals surface area contributed by atoms with Crippen LogP contribution in [0.4, 0.5) is 5.69 Å². The number of hydrogen-bond acceptors (Lipinski definition) is 2. The first-order chi connectivity index (χ1) is 8.55. The number of hydrogen-bond donors (Lipinski definition) is 0. The summed E-state index contributed by atoms with van der Waals surface area (Å²) < 4.78 is 0. The minimum Gasteiger partial charge on any atom is -0.361 e. The maximum absolute atomic E-state index is 12.4. The lowest BCUT2D eigenvalue weighted by Gasteiger charge is -2.37. The van der Waals surface area contributed by atoms with Crippen molar-refractivity contribution in [2.24, 2.45) is 0 Å². The van der Waals surface area contributed by atoms with Crippen LogP contribution in [-0.2, 0) is 0 Å². The van der Waals surface area contributed by atoms with Crippen molar-refractivity contribution < 1.29 is 4.79 Å². The van der Waals surface area contributed by atoms with Gasteiger partial charge in [-0.1, -0.05) is 12.1 Å². The molecule has 0 aromatic heterocycles. The molecule has 0 atom stereocenters. The van der Waals surface area contributed by atoms with Gasteiger partial charge in [0.15, 0.2) is 0 Å². The summed E-state index contributed by atoms with van der Waals surface area (Å²) in [6.45, 7) is 5.28. The monoisotopic (exact) mass is 244 g/mol. The first-order valence-electron chi connectivity index (χ1n) is 6.69. The zero-order valence-corrected chi connectivity index (χ0v) is 11.3. The van der Waals surface area contributed by atoms with Gasteiger partial charge in [-0.15, -0.1) is 0 Å². The van der Waals surface area contributed by atoms with E-state index in [-0.39, 0.29) is 11.4 Å². The second-order valence-electron chi connectivity index (χ2n) is 5.87. The van der Waals surface area contributed by atoms with Crippen molar-refractivity contribution in [3.05, 3.63) is 29.8 Å². The fraction of sp³-hybridized carbons (Fsp3) is 0.533. The average molecular weight is 244 g/mol. The third-order valence-corrected chi connectivity index (χ3v) is 4.13. The van der Waals surface area contributed by atoms with Crippen LogP contribution in [0, 0.1) is 0 Å². The number of para-hydroxylation sites is 1. The van der Waals surface area contributed by atoms with Gasteiger partial charge < -0.3 is 9.80 Å². The van der Waals surface area contributed by atoms with Crippen LogP contribution in [-0.4, -0.2) is 36.0 Å². The molecule has 1 aromatic rings. The van der Waals surface area contributed by atoms with E-state index in [1.807, 2.05) is 30.1 Å². The van der Waals surface area contributed by atoms with Gasteiger partial charge in [0.1, 0.15) is 0 Å². The molecule has 0 unspecified atom stereocenters. The van der Waals surface area contributed by atoms with Crippen molar-refractivity contribution in [3.8, 4) is 0 Å². The van der Waals surface area contributed by atoms with Crippen molar-refractivity contribution in [3.63, 3.8) is 0 Å². The van der Waals surface area contributed by atoms with Crippen LogP contribution in [0.2, 0.25) is 0 Å². The van der Waals surface area contributed by atoms with Crippen molar-refractivity contribution in [2.75, 3.05) is 18.5 Å². The fourth-order valence-electron chi connectivity index (χ4n) is 3.28. The molecule has 3 rings (SSSR count). The van der Waals surface area contributed by atoms with Gasteiger partial charge in [-0.25, -0.2) is 0 Å². The molecule has 0 saturated heterocycles. The number of carbonyl (C=O) groups excluding carboxylic acids is 1. The topological polar surface area (TPSA) is 23.6 Å². The van der Waals surface area contributed by atoms with Gasteiger partial charge in [-0.3, -0.25) is 4.79 Å². The van der Waals surface area contributed by atoms with Gasteiger partial charge in [0.2, 0.25) is 0 Å². The molecular weight excluding hydrogens is 224 g/mol. The minimum absolute atomic E-state index is 0.153. The van der Waals surface area contributed by atoms with E-state index in [0.717, 1.165) is 17.8 Å². The Balaban J connectivity index is 2.18. The van der Waals surface area contributed by atoms with E-state index in [1.165, 1.54) is 12.8 Å². The summed E-state index contributed by atoms with van der Waals surface area (Å²) in [7, 11) is 1.92. The molecule has 2 aliphatic rings. The van der Waals surface area contributed by atoms with E-state index in [1.54, 1.807) is 0 Å². The van der Waals surface area contributed by atoms with Crippen molar-refractivity contribution >= 4 is 11.6 Å². The van der Waals surface area contributed by atoms with Crippen molar-refractivity contribution in [2.45, 2.75) is 38.3 Å². The number of amides is 1. The predicted molar refractivity (Wildman–Crippen MR) is 73.0 cm³/mol. The lowest BCUT2D eigenvalue weighted by Crippen LogP contribution is -2.47. The first-order valence-corrected chi connectivity index (χ1v) is 6.69. The first kappa shape index (κ1) is 11.6. The molecule has 0 radical (unpaired) electrons. The van der Waals surface area contributed by atoms with E-state index in [2.05, 4.69) is 24.8 Å². The van der Waals surface area contributed by atoms with Crippen LogP contribution < -0.4 is 4.90 Å². The van der Waals surface area contributed by atoms with Crippen LogP contribution in [0.15, 0.2) is 24.3 Å². The van der Waals surface area contributed by atoms with E-state index >= 15 is 0 Å². The summed E-state index contributed by atoms with van der Waals surface area (Å²) in [4.78, 5) is 16.8. The molecule has 3 nitrogen and oxygen atoms in total. The molecule has 1 fully saturated rings. The molecule has 1 aromatic carbocycles.